The van der Waals surface area contributed by atoms with E-state index in [1.807, 2.05) is 17.0 Å². The molecular weight excluding hydrogens is 331 g/mol. The van der Waals surface area contributed by atoms with E-state index in [0.717, 1.165) is 25.7 Å². The van der Waals surface area contributed by atoms with Crippen LogP contribution < -0.4 is 5.56 Å². The van der Waals surface area contributed by atoms with Gasteiger partial charge in [-0.15, -0.1) is 0 Å². The van der Waals surface area contributed by atoms with E-state index < -0.39 is 0 Å². The van der Waals surface area contributed by atoms with Gasteiger partial charge in [0.15, 0.2) is 0 Å². The van der Waals surface area contributed by atoms with Crippen molar-refractivity contribution >= 4 is 5.91 Å². The van der Waals surface area contributed by atoms with Crippen molar-refractivity contribution in [1.29, 1.82) is 0 Å². The van der Waals surface area contributed by atoms with E-state index in [0.29, 0.717) is 17.0 Å². The summed E-state index contributed by atoms with van der Waals surface area (Å²) < 4.78 is 15.0. The molecule has 136 valence electrons. The molecule has 2 aliphatic rings. The highest BCUT2D eigenvalue weighted by atomic mass is 19.1. The van der Waals surface area contributed by atoms with Gasteiger partial charge in [0.2, 0.25) is 5.56 Å². The lowest BCUT2D eigenvalue weighted by Gasteiger charge is -2.39. The van der Waals surface area contributed by atoms with Crippen LogP contribution in [0.25, 0.3) is 0 Å². The minimum Gasteiger partial charge on any atom is -0.333 e. The number of halogens is 1. The Morgan fingerprint density at radius 1 is 1.12 bits per heavy atom. The molecule has 26 heavy (non-hydrogen) atoms. The number of hydrogen-bond donors (Lipinski definition) is 0. The van der Waals surface area contributed by atoms with Crippen molar-refractivity contribution < 1.29 is 9.18 Å². The zero-order chi connectivity index (χ0) is 18.4. The lowest BCUT2D eigenvalue weighted by Crippen LogP contribution is -2.46. The Kier molecular flexibility index (Phi) is 4.17. The number of carbonyl (C=O) groups excluding carboxylic acids is 1. The van der Waals surface area contributed by atoms with Gasteiger partial charge in [0.25, 0.3) is 5.91 Å². The third kappa shape index (κ3) is 2.85. The number of benzene rings is 1. The fourth-order valence-corrected chi connectivity index (χ4v) is 4.57. The third-order valence-corrected chi connectivity index (χ3v) is 5.95. The van der Waals surface area contributed by atoms with Gasteiger partial charge >= 0.3 is 0 Å². The van der Waals surface area contributed by atoms with E-state index in [1.54, 1.807) is 32.3 Å². The average Bonchev–Trinajstić information content (AvgIpc) is 2.88. The van der Waals surface area contributed by atoms with Gasteiger partial charge < -0.3 is 9.47 Å². The number of hydrogen-bond acceptors (Lipinski definition) is 2. The van der Waals surface area contributed by atoms with Crippen molar-refractivity contribution in [3.63, 3.8) is 0 Å². The first-order valence-electron chi connectivity index (χ1n) is 9.19. The van der Waals surface area contributed by atoms with Crippen LogP contribution in [-0.2, 0) is 7.05 Å². The first kappa shape index (κ1) is 17.0. The molecule has 0 saturated carbocycles. The molecule has 0 radical (unpaired) electrons. The molecule has 3 atom stereocenters. The Hall–Kier alpha value is -2.43. The molecular formula is C21H23FN2O2. The molecule has 1 aromatic carbocycles. The molecule has 1 unspecified atom stereocenters. The quantitative estimate of drug-likeness (QED) is 0.830. The third-order valence-electron chi connectivity index (χ3n) is 5.95. The summed E-state index contributed by atoms with van der Waals surface area (Å²) >= 11 is 0. The molecule has 4 rings (SSSR count). The predicted molar refractivity (Wildman–Crippen MR) is 97.8 cm³/mol. The SMILES string of the molecule is Cc1cc(C2C[C@H]3CC[C@@H](C2)N3C(=O)c2ccc(=O)n(C)c2)ccc1F. The summed E-state index contributed by atoms with van der Waals surface area (Å²) in [4.78, 5) is 26.6. The molecule has 0 spiro atoms. The van der Waals surface area contributed by atoms with Crippen LogP contribution in [0.3, 0.4) is 0 Å². The van der Waals surface area contributed by atoms with Gasteiger partial charge in [0.1, 0.15) is 5.82 Å². The first-order chi connectivity index (χ1) is 12.4. The fraction of sp³-hybridized carbons (Fsp3) is 0.429. The van der Waals surface area contributed by atoms with E-state index in [-0.39, 0.29) is 29.4 Å². The highest BCUT2D eigenvalue weighted by Crippen LogP contribution is 2.43. The summed E-state index contributed by atoms with van der Waals surface area (Å²) in [6.07, 6.45) is 5.48. The zero-order valence-electron chi connectivity index (χ0n) is 15.1. The van der Waals surface area contributed by atoms with Gasteiger partial charge in [-0.1, -0.05) is 12.1 Å². The molecule has 4 nitrogen and oxygen atoms in total. The van der Waals surface area contributed by atoms with E-state index >= 15 is 0 Å². The van der Waals surface area contributed by atoms with Crippen molar-refractivity contribution in [2.45, 2.75) is 50.6 Å². The Morgan fingerprint density at radius 2 is 1.81 bits per heavy atom. The second-order valence-electron chi connectivity index (χ2n) is 7.64. The minimum atomic E-state index is -0.168. The van der Waals surface area contributed by atoms with Crippen LogP contribution in [-0.4, -0.2) is 27.5 Å². The second-order valence-corrected chi connectivity index (χ2v) is 7.64. The maximum absolute atomic E-state index is 13.6. The van der Waals surface area contributed by atoms with Crippen molar-refractivity contribution in [2.75, 3.05) is 0 Å². The van der Waals surface area contributed by atoms with Crippen molar-refractivity contribution in [3.8, 4) is 0 Å². The standard InChI is InChI=1S/C21H23FN2O2/c1-13-9-14(3-7-19(13)22)16-10-17-5-6-18(11-16)24(17)21(26)15-4-8-20(25)23(2)12-15/h3-4,7-9,12,16-18H,5-6,10-11H2,1-2H3/t16?,17-,18+. The van der Waals surface area contributed by atoms with Crippen LogP contribution in [0, 0.1) is 12.7 Å². The van der Waals surface area contributed by atoms with Gasteiger partial charge in [0.05, 0.1) is 5.56 Å². The van der Waals surface area contributed by atoms with Gasteiger partial charge in [-0.25, -0.2) is 4.39 Å². The van der Waals surface area contributed by atoms with Crippen LogP contribution in [0.4, 0.5) is 4.39 Å². The number of fused-ring (bicyclic) bond motifs is 2. The van der Waals surface area contributed by atoms with E-state index in [9.17, 15) is 14.0 Å². The summed E-state index contributed by atoms with van der Waals surface area (Å²) in [6.45, 7) is 1.80. The fourth-order valence-electron chi connectivity index (χ4n) is 4.57. The van der Waals surface area contributed by atoms with Crippen LogP contribution >= 0.6 is 0 Å². The molecule has 2 aliphatic heterocycles. The number of aromatic nitrogens is 1. The normalized spacial score (nSPS) is 24.7. The molecule has 2 aromatic rings. The lowest BCUT2D eigenvalue weighted by molar-refractivity contribution is 0.0570. The highest BCUT2D eigenvalue weighted by molar-refractivity contribution is 5.94. The molecule has 2 fully saturated rings. The van der Waals surface area contributed by atoms with Gasteiger partial charge in [-0.2, -0.15) is 0 Å². The monoisotopic (exact) mass is 354 g/mol. The number of pyridine rings is 1. The summed E-state index contributed by atoms with van der Waals surface area (Å²) in [5.74, 6) is 0.219. The number of piperidine rings is 1. The van der Waals surface area contributed by atoms with Gasteiger partial charge in [-0.3, -0.25) is 9.59 Å². The molecule has 5 heteroatoms. The van der Waals surface area contributed by atoms with E-state index in [4.69, 9.17) is 0 Å². The molecule has 3 heterocycles. The number of nitrogens with zero attached hydrogens (tertiary/aromatic N) is 2. The first-order valence-corrected chi connectivity index (χ1v) is 9.19. The van der Waals surface area contributed by atoms with E-state index in [1.165, 1.54) is 16.2 Å². The topological polar surface area (TPSA) is 42.3 Å². The predicted octanol–water partition coefficient (Wildman–Crippen LogP) is 3.38. The van der Waals surface area contributed by atoms with E-state index in [2.05, 4.69) is 0 Å². The summed E-state index contributed by atoms with van der Waals surface area (Å²) in [7, 11) is 1.66. The van der Waals surface area contributed by atoms with Crippen molar-refractivity contribution in [2.24, 2.45) is 7.05 Å². The average molecular weight is 354 g/mol. The maximum atomic E-state index is 13.6. The molecule has 1 amide bonds. The Morgan fingerprint density at radius 3 is 2.42 bits per heavy atom. The van der Waals surface area contributed by atoms with Gasteiger partial charge in [-0.05, 0) is 61.8 Å². The van der Waals surface area contributed by atoms with Gasteiger partial charge in [0, 0.05) is 31.4 Å². The number of aryl methyl sites for hydroxylation is 2. The summed E-state index contributed by atoms with van der Waals surface area (Å²) in [5.41, 5.74) is 2.31. The maximum Gasteiger partial charge on any atom is 0.255 e. The number of rotatable bonds is 2. The zero-order valence-corrected chi connectivity index (χ0v) is 15.1. The number of amides is 1. The molecule has 0 N–H and O–H groups in total. The minimum absolute atomic E-state index is 0.0156. The van der Waals surface area contributed by atoms with Crippen molar-refractivity contribution in [1.82, 2.24) is 9.47 Å². The number of carbonyl (C=O) groups is 1. The molecule has 2 saturated heterocycles. The van der Waals surface area contributed by atoms with Crippen LogP contribution in [0.1, 0.15) is 53.1 Å². The molecule has 0 aliphatic carbocycles. The summed E-state index contributed by atoms with van der Waals surface area (Å²) in [5, 5.41) is 0. The largest absolute Gasteiger partial charge is 0.333 e. The van der Waals surface area contributed by atoms with Crippen LogP contribution in [0.5, 0.6) is 0 Å². The molecule has 2 bridgehead atoms. The van der Waals surface area contributed by atoms with Crippen LogP contribution in [0.2, 0.25) is 0 Å². The highest BCUT2D eigenvalue weighted by Gasteiger charge is 2.43. The van der Waals surface area contributed by atoms with Crippen molar-refractivity contribution in [3.05, 3.63) is 69.4 Å². The Bertz CT molecular complexity index is 906. The smallest absolute Gasteiger partial charge is 0.255 e. The van der Waals surface area contributed by atoms with Crippen LogP contribution in [0.15, 0.2) is 41.3 Å². The lowest BCUT2D eigenvalue weighted by atomic mass is 9.84. The Balaban J connectivity index is 1.56. The summed E-state index contributed by atoms with van der Waals surface area (Å²) in [6, 6.07) is 8.89. The Labute approximate surface area is 152 Å². The second kappa shape index (κ2) is 6.38. The molecule has 1 aromatic heterocycles.